The van der Waals surface area contributed by atoms with Crippen LogP contribution in [0.2, 0.25) is 0 Å². The summed E-state index contributed by atoms with van der Waals surface area (Å²) in [6, 6.07) is 6.55. The first-order valence-electron chi connectivity index (χ1n) is 3.92. The molecular weight excluding hydrogens is 184 g/mol. The monoisotopic (exact) mass is 192 g/mol. The second kappa shape index (κ2) is 5.75. The third kappa shape index (κ3) is 3.26. The predicted octanol–water partition coefficient (Wildman–Crippen LogP) is 0.664. The molecule has 0 atom stereocenters. The van der Waals surface area contributed by atoms with Crippen LogP contribution >= 0.6 is 0 Å². The van der Waals surface area contributed by atoms with Crippen LogP contribution in [0.15, 0.2) is 24.3 Å². The Kier molecular flexibility index (Phi) is 4.20. The number of hydrogen-bond donors (Lipinski definition) is 0. The topological polar surface area (TPSA) is 52.6 Å². The normalized spacial score (nSPS) is 9.14. The van der Waals surface area contributed by atoms with E-state index in [-0.39, 0.29) is 13.2 Å². The maximum Gasteiger partial charge on any atom is 0.239 e. The van der Waals surface area contributed by atoms with E-state index >= 15 is 0 Å². The molecule has 1 rings (SSSR count). The Morgan fingerprint density at radius 2 is 1.21 bits per heavy atom. The van der Waals surface area contributed by atoms with Crippen molar-refractivity contribution in [1.82, 2.24) is 0 Å². The summed E-state index contributed by atoms with van der Waals surface area (Å²) in [4.78, 5) is 19.7. The van der Waals surface area contributed by atoms with Crippen LogP contribution in [0.4, 0.5) is 0 Å². The highest BCUT2D eigenvalue weighted by Gasteiger charge is 1.95. The van der Waals surface area contributed by atoms with Crippen molar-refractivity contribution in [3.8, 4) is 11.5 Å². The molecule has 14 heavy (non-hydrogen) atoms. The molecule has 0 heterocycles. The smallest absolute Gasteiger partial charge is 0.239 e. The van der Waals surface area contributed by atoms with E-state index in [4.69, 9.17) is 9.47 Å². The fourth-order valence-electron chi connectivity index (χ4n) is 0.858. The van der Waals surface area contributed by atoms with Crippen molar-refractivity contribution in [3.63, 3.8) is 0 Å². The molecule has 0 spiro atoms. The second-order valence-corrected chi connectivity index (χ2v) is 2.34. The van der Waals surface area contributed by atoms with Crippen molar-refractivity contribution in [3.05, 3.63) is 24.3 Å². The molecule has 0 aliphatic carbocycles. The molecule has 0 amide bonds. The van der Waals surface area contributed by atoms with E-state index in [1.54, 1.807) is 36.8 Å². The van der Waals surface area contributed by atoms with Gasteiger partial charge in [0.05, 0.1) is 0 Å². The van der Waals surface area contributed by atoms with Gasteiger partial charge < -0.3 is 9.47 Å². The Labute approximate surface area is 81.4 Å². The lowest BCUT2D eigenvalue weighted by Gasteiger charge is -2.03. The lowest BCUT2D eigenvalue weighted by molar-refractivity contribution is 0.355. The van der Waals surface area contributed by atoms with Gasteiger partial charge in [0, 0.05) is 0 Å². The molecule has 0 saturated heterocycles. The number of carbonyl (C=O) groups excluding carboxylic acids is 2. The van der Waals surface area contributed by atoms with Gasteiger partial charge in [0.15, 0.2) is 13.2 Å². The summed E-state index contributed by atoms with van der Waals surface area (Å²) >= 11 is 0. The molecule has 1 aromatic rings. The van der Waals surface area contributed by atoms with Crippen molar-refractivity contribution in [2.45, 2.75) is 0 Å². The van der Waals surface area contributed by atoms with Crippen LogP contribution in [-0.4, -0.2) is 25.8 Å². The Balaban J connectivity index is 2.49. The molecule has 0 unspecified atom stereocenters. The molecule has 2 radical (unpaired) electrons. The van der Waals surface area contributed by atoms with Crippen molar-refractivity contribution in [1.29, 1.82) is 0 Å². The van der Waals surface area contributed by atoms with Gasteiger partial charge in [-0.25, -0.2) is 0 Å². The molecule has 72 valence electrons. The van der Waals surface area contributed by atoms with Crippen LogP contribution in [0.5, 0.6) is 11.5 Å². The third-order valence-electron chi connectivity index (χ3n) is 1.42. The van der Waals surface area contributed by atoms with Crippen molar-refractivity contribution in [2.24, 2.45) is 0 Å². The van der Waals surface area contributed by atoms with Gasteiger partial charge >= 0.3 is 0 Å². The number of rotatable bonds is 6. The maximum atomic E-state index is 9.87. The lowest BCUT2D eigenvalue weighted by atomic mass is 10.3. The summed E-state index contributed by atoms with van der Waals surface area (Å²) in [6.07, 6.45) is 3.22. The standard InChI is InChI=1S/C10H8O4/c11-5-7-13-9-1-2-10(4-3-9)14-8-6-12/h1-4H,7-8H2. The summed E-state index contributed by atoms with van der Waals surface area (Å²) in [6.45, 7) is -0.190. The highest BCUT2D eigenvalue weighted by molar-refractivity contribution is 5.53. The zero-order valence-corrected chi connectivity index (χ0v) is 7.36. The van der Waals surface area contributed by atoms with Gasteiger partial charge in [0.25, 0.3) is 0 Å². The third-order valence-corrected chi connectivity index (χ3v) is 1.42. The van der Waals surface area contributed by atoms with Crippen LogP contribution in [-0.2, 0) is 9.59 Å². The van der Waals surface area contributed by atoms with E-state index in [2.05, 4.69) is 0 Å². The second-order valence-electron chi connectivity index (χ2n) is 2.34. The van der Waals surface area contributed by atoms with E-state index in [1.165, 1.54) is 0 Å². The maximum absolute atomic E-state index is 9.87. The molecule has 0 N–H and O–H groups in total. The van der Waals surface area contributed by atoms with Crippen LogP contribution in [0, 0.1) is 0 Å². The number of hydrogen-bond acceptors (Lipinski definition) is 4. The van der Waals surface area contributed by atoms with E-state index in [0.29, 0.717) is 11.5 Å². The summed E-state index contributed by atoms with van der Waals surface area (Å²) in [7, 11) is 0. The van der Waals surface area contributed by atoms with Crippen LogP contribution < -0.4 is 9.47 Å². The minimum absolute atomic E-state index is 0.0949. The average molecular weight is 192 g/mol. The van der Waals surface area contributed by atoms with E-state index in [1.807, 2.05) is 0 Å². The summed E-state index contributed by atoms with van der Waals surface area (Å²) in [5.74, 6) is 1.10. The van der Waals surface area contributed by atoms with Gasteiger partial charge in [-0.1, -0.05) is 0 Å². The van der Waals surface area contributed by atoms with E-state index < -0.39 is 0 Å². The van der Waals surface area contributed by atoms with Gasteiger partial charge in [-0.05, 0) is 24.3 Å². The Hall–Kier alpha value is -1.84. The van der Waals surface area contributed by atoms with Crippen LogP contribution in [0.25, 0.3) is 0 Å². The first-order chi connectivity index (χ1) is 6.86. The number of ether oxygens (including phenoxy) is 2. The molecular formula is C10H8O4. The lowest BCUT2D eigenvalue weighted by Crippen LogP contribution is -1.99. The molecule has 0 aromatic heterocycles. The van der Waals surface area contributed by atoms with Gasteiger partial charge in [0.1, 0.15) is 11.5 Å². The molecule has 0 aliphatic heterocycles. The highest BCUT2D eigenvalue weighted by atomic mass is 16.5. The summed E-state index contributed by atoms with van der Waals surface area (Å²) < 4.78 is 9.92. The summed E-state index contributed by atoms with van der Waals surface area (Å²) in [5, 5.41) is 0. The highest BCUT2D eigenvalue weighted by Crippen LogP contribution is 2.16. The van der Waals surface area contributed by atoms with Crippen LogP contribution in [0.3, 0.4) is 0 Å². The van der Waals surface area contributed by atoms with Crippen LogP contribution in [0.1, 0.15) is 0 Å². The van der Waals surface area contributed by atoms with Gasteiger partial charge in [-0.2, -0.15) is 0 Å². The Bertz CT molecular complexity index is 260. The zero-order valence-electron chi connectivity index (χ0n) is 7.36. The average Bonchev–Trinajstić information content (AvgIpc) is 2.25. The molecule has 4 heteroatoms. The SMILES string of the molecule is O=[C]COc1ccc(OC[C]=O)cc1. The first-order valence-corrected chi connectivity index (χ1v) is 3.92. The first kappa shape index (κ1) is 10.2. The van der Waals surface area contributed by atoms with Gasteiger partial charge in [-0.15, -0.1) is 0 Å². The fraction of sp³-hybridized carbons (Fsp3) is 0.200. The van der Waals surface area contributed by atoms with Gasteiger partial charge in [0.2, 0.25) is 12.6 Å². The fourth-order valence-corrected chi connectivity index (χ4v) is 0.858. The molecule has 4 nitrogen and oxygen atoms in total. The minimum atomic E-state index is -0.0949. The molecule has 0 bridgehead atoms. The predicted molar refractivity (Wildman–Crippen MR) is 48.8 cm³/mol. The molecule has 1 aromatic carbocycles. The largest absolute Gasteiger partial charge is 0.485 e. The van der Waals surface area contributed by atoms with E-state index in [9.17, 15) is 9.59 Å². The minimum Gasteiger partial charge on any atom is -0.485 e. The zero-order chi connectivity index (χ0) is 10.2. The number of benzene rings is 1. The van der Waals surface area contributed by atoms with Crippen molar-refractivity contribution < 1.29 is 19.1 Å². The van der Waals surface area contributed by atoms with E-state index in [0.717, 1.165) is 0 Å². The van der Waals surface area contributed by atoms with Crippen molar-refractivity contribution >= 4 is 12.6 Å². The molecule has 0 fully saturated rings. The van der Waals surface area contributed by atoms with Crippen molar-refractivity contribution in [2.75, 3.05) is 13.2 Å². The molecule has 0 saturated carbocycles. The quantitative estimate of drug-likeness (QED) is 0.664. The molecule has 0 aliphatic rings. The summed E-state index contributed by atoms with van der Waals surface area (Å²) in [5.41, 5.74) is 0. The Morgan fingerprint density at radius 3 is 1.50 bits per heavy atom. The van der Waals surface area contributed by atoms with Gasteiger partial charge in [-0.3, -0.25) is 9.59 Å². The Morgan fingerprint density at radius 1 is 0.857 bits per heavy atom.